The molecule has 2 N–H and O–H groups in total. The van der Waals surface area contributed by atoms with Crippen molar-refractivity contribution in [2.24, 2.45) is 0 Å². The molecular weight excluding hydrogens is 190 g/mol. The van der Waals surface area contributed by atoms with Crippen LogP contribution in [0.15, 0.2) is 24.3 Å². The number of hydrogen-bond acceptors (Lipinski definition) is 3. The van der Waals surface area contributed by atoms with Crippen molar-refractivity contribution in [2.45, 2.75) is 13.0 Å². The minimum Gasteiger partial charge on any atom is -0.383 e. The highest BCUT2D eigenvalue weighted by atomic mass is 16.5. The minimum atomic E-state index is 0.246. The molecule has 0 fully saturated rings. The van der Waals surface area contributed by atoms with Gasteiger partial charge in [-0.25, -0.2) is 4.98 Å². The molecule has 0 saturated heterocycles. The number of methoxy groups -OCH3 is 1. The van der Waals surface area contributed by atoms with Gasteiger partial charge in [0.2, 0.25) is 5.95 Å². The van der Waals surface area contributed by atoms with E-state index in [0.29, 0.717) is 6.61 Å². The van der Waals surface area contributed by atoms with Crippen LogP contribution in [-0.2, 0) is 4.74 Å². The van der Waals surface area contributed by atoms with Crippen LogP contribution in [0.2, 0.25) is 0 Å². The standard InChI is InChI=1S/C11H15N3O/c1-8(7-15-2)12-11-13-9-5-3-4-6-10(9)14-11/h3-6,8H,7H2,1-2H3,(H2,12,13,14). The van der Waals surface area contributed by atoms with E-state index in [0.717, 1.165) is 17.0 Å². The van der Waals surface area contributed by atoms with Crippen LogP contribution in [-0.4, -0.2) is 29.7 Å². The monoisotopic (exact) mass is 205 g/mol. The quantitative estimate of drug-likeness (QED) is 0.802. The number of nitrogens with zero attached hydrogens (tertiary/aromatic N) is 1. The normalized spacial score (nSPS) is 12.9. The highest BCUT2D eigenvalue weighted by molar-refractivity contribution is 5.77. The number of anilines is 1. The van der Waals surface area contributed by atoms with Crippen LogP contribution in [0.5, 0.6) is 0 Å². The molecule has 0 bridgehead atoms. The lowest BCUT2D eigenvalue weighted by Gasteiger charge is -2.10. The van der Waals surface area contributed by atoms with Crippen molar-refractivity contribution in [3.05, 3.63) is 24.3 Å². The van der Waals surface area contributed by atoms with Crippen molar-refractivity contribution in [1.82, 2.24) is 9.97 Å². The number of rotatable bonds is 4. The van der Waals surface area contributed by atoms with Gasteiger partial charge in [-0.15, -0.1) is 0 Å². The molecule has 0 aliphatic carbocycles. The summed E-state index contributed by atoms with van der Waals surface area (Å²) < 4.78 is 5.05. The van der Waals surface area contributed by atoms with Gasteiger partial charge in [-0.05, 0) is 19.1 Å². The number of aromatic amines is 1. The highest BCUT2D eigenvalue weighted by Gasteiger charge is 2.05. The Hall–Kier alpha value is -1.55. The molecule has 0 spiro atoms. The Morgan fingerprint density at radius 3 is 3.00 bits per heavy atom. The summed E-state index contributed by atoms with van der Waals surface area (Å²) >= 11 is 0. The maximum atomic E-state index is 5.05. The van der Waals surface area contributed by atoms with Gasteiger partial charge in [0.15, 0.2) is 0 Å². The highest BCUT2D eigenvalue weighted by Crippen LogP contribution is 2.13. The summed E-state index contributed by atoms with van der Waals surface area (Å²) in [5, 5.41) is 3.24. The van der Waals surface area contributed by atoms with E-state index in [1.54, 1.807) is 7.11 Å². The third kappa shape index (κ3) is 2.27. The van der Waals surface area contributed by atoms with Crippen LogP contribution >= 0.6 is 0 Å². The van der Waals surface area contributed by atoms with Gasteiger partial charge in [-0.3, -0.25) is 0 Å². The number of nitrogens with one attached hydrogen (secondary N) is 2. The number of aromatic nitrogens is 2. The average molecular weight is 205 g/mol. The summed E-state index contributed by atoms with van der Waals surface area (Å²) in [7, 11) is 1.69. The second-order valence-corrected chi connectivity index (χ2v) is 3.60. The van der Waals surface area contributed by atoms with E-state index >= 15 is 0 Å². The van der Waals surface area contributed by atoms with Crippen molar-refractivity contribution in [1.29, 1.82) is 0 Å². The minimum absolute atomic E-state index is 0.246. The van der Waals surface area contributed by atoms with E-state index in [1.165, 1.54) is 0 Å². The summed E-state index contributed by atoms with van der Waals surface area (Å²) in [6.45, 7) is 2.72. The fourth-order valence-electron chi connectivity index (χ4n) is 1.55. The second kappa shape index (κ2) is 4.31. The van der Waals surface area contributed by atoms with Gasteiger partial charge in [-0.2, -0.15) is 0 Å². The second-order valence-electron chi connectivity index (χ2n) is 3.60. The van der Waals surface area contributed by atoms with Crippen molar-refractivity contribution >= 4 is 17.0 Å². The first-order valence-corrected chi connectivity index (χ1v) is 5.00. The molecule has 0 amide bonds. The Balaban J connectivity index is 2.15. The topological polar surface area (TPSA) is 49.9 Å². The number of ether oxygens (including phenoxy) is 1. The van der Waals surface area contributed by atoms with Crippen LogP contribution < -0.4 is 5.32 Å². The fourth-order valence-corrected chi connectivity index (χ4v) is 1.55. The third-order valence-corrected chi connectivity index (χ3v) is 2.19. The van der Waals surface area contributed by atoms with E-state index in [2.05, 4.69) is 22.2 Å². The Morgan fingerprint density at radius 1 is 1.47 bits per heavy atom. The summed E-state index contributed by atoms with van der Waals surface area (Å²) in [6.07, 6.45) is 0. The molecule has 80 valence electrons. The van der Waals surface area contributed by atoms with Gasteiger partial charge < -0.3 is 15.0 Å². The van der Waals surface area contributed by atoms with Gasteiger partial charge in [0, 0.05) is 13.2 Å². The molecule has 4 heteroatoms. The molecule has 1 unspecified atom stereocenters. The molecule has 2 aromatic rings. The smallest absolute Gasteiger partial charge is 0.201 e. The molecule has 15 heavy (non-hydrogen) atoms. The molecule has 1 aromatic carbocycles. The van der Waals surface area contributed by atoms with Crippen LogP contribution in [0.4, 0.5) is 5.95 Å². The van der Waals surface area contributed by atoms with Crippen LogP contribution in [0.25, 0.3) is 11.0 Å². The van der Waals surface area contributed by atoms with Crippen LogP contribution in [0.1, 0.15) is 6.92 Å². The van der Waals surface area contributed by atoms with Crippen molar-refractivity contribution in [3.8, 4) is 0 Å². The zero-order valence-electron chi connectivity index (χ0n) is 8.95. The van der Waals surface area contributed by atoms with Gasteiger partial charge in [0.05, 0.1) is 17.6 Å². The van der Waals surface area contributed by atoms with Crippen molar-refractivity contribution < 1.29 is 4.74 Å². The lowest BCUT2D eigenvalue weighted by Crippen LogP contribution is -2.21. The van der Waals surface area contributed by atoms with E-state index in [4.69, 9.17) is 4.74 Å². The van der Waals surface area contributed by atoms with Crippen molar-refractivity contribution in [2.75, 3.05) is 19.0 Å². The van der Waals surface area contributed by atoms with Crippen molar-refractivity contribution in [3.63, 3.8) is 0 Å². The summed E-state index contributed by atoms with van der Waals surface area (Å²) in [6, 6.07) is 8.21. The maximum absolute atomic E-state index is 5.05. The van der Waals surface area contributed by atoms with Crippen LogP contribution in [0.3, 0.4) is 0 Å². The summed E-state index contributed by atoms with van der Waals surface area (Å²) in [4.78, 5) is 7.62. The number of para-hydroxylation sites is 2. The zero-order valence-corrected chi connectivity index (χ0v) is 8.95. The summed E-state index contributed by atoms with van der Waals surface area (Å²) in [5.74, 6) is 0.792. The number of imidazole rings is 1. The fraction of sp³-hybridized carbons (Fsp3) is 0.364. The largest absolute Gasteiger partial charge is 0.383 e. The molecule has 0 radical (unpaired) electrons. The summed E-state index contributed by atoms with van der Waals surface area (Å²) in [5.41, 5.74) is 2.02. The predicted molar refractivity (Wildman–Crippen MR) is 61.1 cm³/mol. The number of fused-ring (bicyclic) bond motifs is 1. The predicted octanol–water partition coefficient (Wildman–Crippen LogP) is 2.01. The van der Waals surface area contributed by atoms with E-state index in [1.807, 2.05) is 24.3 Å². The number of hydrogen-bond donors (Lipinski definition) is 2. The maximum Gasteiger partial charge on any atom is 0.201 e. The lowest BCUT2D eigenvalue weighted by molar-refractivity contribution is 0.190. The first kappa shape index (κ1) is 9.98. The number of benzene rings is 1. The Bertz CT molecular complexity index is 405. The molecule has 2 rings (SSSR count). The van der Waals surface area contributed by atoms with Gasteiger partial charge in [0.25, 0.3) is 0 Å². The lowest BCUT2D eigenvalue weighted by atomic mass is 10.3. The Kier molecular flexibility index (Phi) is 2.87. The van der Waals surface area contributed by atoms with Gasteiger partial charge in [-0.1, -0.05) is 12.1 Å². The first-order valence-electron chi connectivity index (χ1n) is 5.00. The Labute approximate surface area is 88.7 Å². The zero-order chi connectivity index (χ0) is 10.7. The number of H-pyrrole nitrogens is 1. The molecule has 0 aliphatic rings. The average Bonchev–Trinajstić information content (AvgIpc) is 2.59. The first-order chi connectivity index (χ1) is 7.29. The van der Waals surface area contributed by atoms with Gasteiger partial charge in [0.1, 0.15) is 0 Å². The van der Waals surface area contributed by atoms with E-state index < -0.39 is 0 Å². The third-order valence-electron chi connectivity index (χ3n) is 2.19. The molecular formula is C11H15N3O. The Morgan fingerprint density at radius 2 is 2.27 bits per heavy atom. The van der Waals surface area contributed by atoms with E-state index in [9.17, 15) is 0 Å². The molecule has 1 atom stereocenters. The van der Waals surface area contributed by atoms with E-state index in [-0.39, 0.29) is 6.04 Å². The molecule has 0 saturated carbocycles. The molecule has 1 aromatic heterocycles. The molecule has 4 nitrogen and oxygen atoms in total. The SMILES string of the molecule is COCC(C)Nc1nc2ccccc2[nH]1. The van der Waals surface area contributed by atoms with Crippen LogP contribution in [0, 0.1) is 0 Å². The van der Waals surface area contributed by atoms with Gasteiger partial charge >= 0.3 is 0 Å². The molecule has 1 heterocycles. The molecule has 0 aliphatic heterocycles.